The maximum absolute atomic E-state index is 11.1. The molecule has 1 unspecified atom stereocenters. The van der Waals surface area contributed by atoms with Crippen molar-refractivity contribution in [3.05, 3.63) is 36.4 Å². The molecule has 0 saturated carbocycles. The molecule has 110 valence electrons. The van der Waals surface area contributed by atoms with Crippen LogP contribution in [0.25, 0.3) is 0 Å². The minimum atomic E-state index is -1.06. The number of hydrogen-bond acceptors (Lipinski definition) is 4. The van der Waals surface area contributed by atoms with Crippen molar-refractivity contribution in [2.24, 2.45) is 0 Å². The molecule has 0 heterocycles. The summed E-state index contributed by atoms with van der Waals surface area (Å²) in [5.74, 6) is 0.151. The molecule has 0 saturated heterocycles. The first-order valence-corrected chi connectivity index (χ1v) is 6.37. The molecule has 1 N–H and O–H groups in total. The zero-order valence-corrected chi connectivity index (χ0v) is 11.8. The quantitative estimate of drug-likeness (QED) is 0.703. The molecular formula is C15H20O5. The van der Waals surface area contributed by atoms with Gasteiger partial charge in [0, 0.05) is 12.7 Å². The van der Waals surface area contributed by atoms with Crippen molar-refractivity contribution in [1.29, 1.82) is 0 Å². The first-order chi connectivity index (χ1) is 9.62. The van der Waals surface area contributed by atoms with Gasteiger partial charge in [-0.3, -0.25) is 0 Å². The summed E-state index contributed by atoms with van der Waals surface area (Å²) in [5, 5.41) is 9.08. The minimum absolute atomic E-state index is 0.0178. The number of carboxylic acid groups (broad SMARTS) is 1. The van der Waals surface area contributed by atoms with E-state index in [9.17, 15) is 4.79 Å². The van der Waals surface area contributed by atoms with Crippen molar-refractivity contribution >= 4 is 5.97 Å². The Kier molecular flexibility index (Phi) is 6.59. The van der Waals surface area contributed by atoms with Crippen LogP contribution in [0.3, 0.4) is 0 Å². The molecule has 0 aromatic heterocycles. The van der Waals surface area contributed by atoms with Crippen LogP contribution >= 0.6 is 0 Å². The third-order valence-corrected chi connectivity index (χ3v) is 2.57. The number of ether oxygens (including phenoxy) is 3. The van der Waals surface area contributed by atoms with Crippen LogP contribution in [0.15, 0.2) is 30.9 Å². The van der Waals surface area contributed by atoms with Gasteiger partial charge in [0.25, 0.3) is 0 Å². The molecule has 5 nitrogen and oxygen atoms in total. The largest absolute Gasteiger partial charge is 0.494 e. The van der Waals surface area contributed by atoms with E-state index in [-0.39, 0.29) is 6.61 Å². The molecule has 1 aromatic rings. The van der Waals surface area contributed by atoms with Gasteiger partial charge in [-0.1, -0.05) is 6.08 Å². The molecule has 0 spiro atoms. The second kappa shape index (κ2) is 8.22. The van der Waals surface area contributed by atoms with Crippen molar-refractivity contribution in [2.45, 2.75) is 19.4 Å². The smallest absolute Gasteiger partial charge is 0.347 e. The second-order valence-electron chi connectivity index (χ2n) is 4.10. The zero-order valence-electron chi connectivity index (χ0n) is 11.8. The number of carbonyl (C=O) groups is 1. The van der Waals surface area contributed by atoms with Gasteiger partial charge < -0.3 is 19.3 Å². The number of benzene rings is 1. The standard InChI is InChI=1S/C15H20O5/c1-4-6-11-9-12(19-5-2)7-8-13(11)20-14(10-18-3)15(16)17/h4,7-9,14H,1,5-6,10H2,2-3H3,(H,16,17). The molecule has 0 bridgehead atoms. The predicted molar refractivity (Wildman–Crippen MR) is 75.4 cm³/mol. The van der Waals surface area contributed by atoms with E-state index in [1.807, 2.05) is 13.0 Å². The van der Waals surface area contributed by atoms with Crippen LogP contribution in [-0.4, -0.2) is 37.5 Å². The molecule has 1 atom stereocenters. The lowest BCUT2D eigenvalue weighted by atomic mass is 10.1. The van der Waals surface area contributed by atoms with E-state index >= 15 is 0 Å². The number of carboxylic acids is 1. The molecule has 20 heavy (non-hydrogen) atoms. The summed E-state index contributed by atoms with van der Waals surface area (Å²) in [5.41, 5.74) is 0.827. The Morgan fingerprint density at radius 3 is 2.80 bits per heavy atom. The lowest BCUT2D eigenvalue weighted by Crippen LogP contribution is -2.31. The van der Waals surface area contributed by atoms with Gasteiger partial charge in [0.1, 0.15) is 11.5 Å². The topological polar surface area (TPSA) is 65.0 Å². The summed E-state index contributed by atoms with van der Waals surface area (Å²) in [4.78, 5) is 11.1. The summed E-state index contributed by atoms with van der Waals surface area (Å²) in [7, 11) is 1.43. The number of hydrogen-bond donors (Lipinski definition) is 1. The van der Waals surface area contributed by atoms with E-state index in [0.29, 0.717) is 18.8 Å². The van der Waals surface area contributed by atoms with Crippen molar-refractivity contribution in [2.75, 3.05) is 20.3 Å². The Labute approximate surface area is 118 Å². The van der Waals surface area contributed by atoms with Crippen molar-refractivity contribution < 1.29 is 24.1 Å². The van der Waals surface area contributed by atoms with Crippen molar-refractivity contribution in [1.82, 2.24) is 0 Å². The first-order valence-electron chi connectivity index (χ1n) is 6.37. The van der Waals surface area contributed by atoms with E-state index < -0.39 is 12.1 Å². The van der Waals surface area contributed by atoms with Gasteiger partial charge in [0.2, 0.25) is 6.10 Å². The predicted octanol–water partition coefficient (Wildman–Crippen LogP) is 2.29. The average Bonchev–Trinajstić information content (AvgIpc) is 2.41. The summed E-state index contributed by atoms with van der Waals surface area (Å²) >= 11 is 0. The van der Waals surface area contributed by atoms with Crippen molar-refractivity contribution in [3.63, 3.8) is 0 Å². The van der Waals surface area contributed by atoms with Gasteiger partial charge in [-0.05, 0) is 31.5 Å². The number of aliphatic carboxylic acids is 1. The van der Waals surface area contributed by atoms with E-state index in [1.165, 1.54) is 7.11 Å². The molecule has 5 heteroatoms. The van der Waals surface area contributed by atoms with Crippen LogP contribution in [0.2, 0.25) is 0 Å². The molecule has 0 aliphatic carbocycles. The fourth-order valence-corrected chi connectivity index (χ4v) is 1.70. The highest BCUT2D eigenvalue weighted by atomic mass is 16.5. The Hall–Kier alpha value is -2.01. The molecule has 1 rings (SSSR count). The summed E-state index contributed by atoms with van der Waals surface area (Å²) < 4.78 is 15.8. The normalized spacial score (nSPS) is 11.7. The molecule has 0 radical (unpaired) electrons. The third-order valence-electron chi connectivity index (χ3n) is 2.57. The lowest BCUT2D eigenvalue weighted by molar-refractivity contribution is -0.147. The highest BCUT2D eigenvalue weighted by Gasteiger charge is 2.20. The monoisotopic (exact) mass is 280 g/mol. The maximum atomic E-state index is 11.1. The van der Waals surface area contributed by atoms with Gasteiger partial charge >= 0.3 is 5.97 Å². The van der Waals surface area contributed by atoms with Gasteiger partial charge in [-0.2, -0.15) is 0 Å². The Bertz CT molecular complexity index is 456. The Morgan fingerprint density at radius 2 is 2.25 bits per heavy atom. The molecule has 0 fully saturated rings. The number of methoxy groups -OCH3 is 1. The van der Waals surface area contributed by atoms with Crippen LogP contribution in [0.5, 0.6) is 11.5 Å². The third kappa shape index (κ3) is 4.59. The van der Waals surface area contributed by atoms with Gasteiger partial charge in [-0.25, -0.2) is 4.79 Å². The highest BCUT2D eigenvalue weighted by Crippen LogP contribution is 2.26. The summed E-state index contributed by atoms with van der Waals surface area (Å²) in [6.45, 7) is 6.13. The molecule has 0 aliphatic heterocycles. The first kappa shape index (κ1) is 16.0. The van der Waals surface area contributed by atoms with Crippen molar-refractivity contribution in [3.8, 4) is 11.5 Å². The highest BCUT2D eigenvalue weighted by molar-refractivity contribution is 5.73. The zero-order chi connectivity index (χ0) is 15.0. The van der Waals surface area contributed by atoms with E-state index in [0.717, 1.165) is 11.3 Å². The van der Waals surface area contributed by atoms with Crippen LogP contribution in [-0.2, 0) is 16.0 Å². The SMILES string of the molecule is C=CCc1cc(OCC)ccc1OC(COC)C(=O)O. The average molecular weight is 280 g/mol. The molecule has 0 aliphatic rings. The fourth-order valence-electron chi connectivity index (χ4n) is 1.70. The molecular weight excluding hydrogens is 260 g/mol. The summed E-state index contributed by atoms with van der Waals surface area (Å²) in [6.07, 6.45) is 1.25. The maximum Gasteiger partial charge on any atom is 0.347 e. The minimum Gasteiger partial charge on any atom is -0.494 e. The Morgan fingerprint density at radius 1 is 1.50 bits per heavy atom. The van der Waals surface area contributed by atoms with Crippen LogP contribution in [0, 0.1) is 0 Å². The van der Waals surface area contributed by atoms with Crippen LogP contribution < -0.4 is 9.47 Å². The van der Waals surface area contributed by atoms with Gasteiger partial charge in [-0.15, -0.1) is 6.58 Å². The summed E-state index contributed by atoms with van der Waals surface area (Å²) in [6, 6.07) is 5.28. The lowest BCUT2D eigenvalue weighted by Gasteiger charge is -2.17. The van der Waals surface area contributed by atoms with Gasteiger partial charge in [0.15, 0.2) is 0 Å². The molecule has 1 aromatic carbocycles. The fraction of sp³-hybridized carbons (Fsp3) is 0.400. The van der Waals surface area contributed by atoms with E-state index in [2.05, 4.69) is 6.58 Å². The van der Waals surface area contributed by atoms with E-state index in [4.69, 9.17) is 19.3 Å². The van der Waals surface area contributed by atoms with Gasteiger partial charge in [0.05, 0.1) is 13.2 Å². The second-order valence-corrected chi connectivity index (χ2v) is 4.10. The molecule has 0 amide bonds. The van der Waals surface area contributed by atoms with Crippen LogP contribution in [0.4, 0.5) is 0 Å². The number of rotatable bonds is 9. The van der Waals surface area contributed by atoms with Crippen LogP contribution in [0.1, 0.15) is 12.5 Å². The Balaban J connectivity index is 2.96. The van der Waals surface area contributed by atoms with E-state index in [1.54, 1.807) is 18.2 Å². The number of allylic oxidation sites excluding steroid dienone is 1.